The molecule has 0 aliphatic carbocycles. The van der Waals surface area contributed by atoms with E-state index in [0.29, 0.717) is 19.4 Å². The molecule has 0 aliphatic heterocycles. The van der Waals surface area contributed by atoms with Crippen molar-refractivity contribution in [2.75, 3.05) is 6.61 Å². The van der Waals surface area contributed by atoms with Crippen LogP contribution in [0, 0.1) is 0 Å². The Kier molecular flexibility index (Phi) is 21.8. The van der Waals surface area contributed by atoms with Gasteiger partial charge in [0.1, 0.15) is 6.10 Å². The molecule has 1 unspecified atom stereocenters. The number of ether oxygens (including phenoxy) is 2. The van der Waals surface area contributed by atoms with Crippen LogP contribution in [0.5, 0.6) is 0 Å². The van der Waals surface area contributed by atoms with Gasteiger partial charge < -0.3 is 9.47 Å². The van der Waals surface area contributed by atoms with Crippen LogP contribution in [0.15, 0.2) is 0 Å². The van der Waals surface area contributed by atoms with Gasteiger partial charge in [-0.1, -0.05) is 97.8 Å². The number of carbonyl (C=O) groups excluding carboxylic acids is 2. The highest BCUT2D eigenvalue weighted by Gasteiger charge is 2.13. The lowest BCUT2D eigenvalue weighted by molar-refractivity contribution is -0.150. The first kappa shape index (κ1) is 28.9. The van der Waals surface area contributed by atoms with E-state index in [1.54, 1.807) is 0 Å². The highest BCUT2D eigenvalue weighted by Crippen LogP contribution is 2.14. The summed E-state index contributed by atoms with van der Waals surface area (Å²) < 4.78 is 10.9. The van der Waals surface area contributed by atoms with Gasteiger partial charge in [-0.15, -0.1) is 0 Å². The van der Waals surface area contributed by atoms with E-state index in [9.17, 15) is 9.59 Å². The summed E-state index contributed by atoms with van der Waals surface area (Å²) in [6, 6.07) is 0. The highest BCUT2D eigenvalue weighted by molar-refractivity contribution is 5.70. The van der Waals surface area contributed by atoms with Crippen LogP contribution in [-0.4, -0.2) is 24.6 Å². The molecular weight excluding hydrogens is 376 g/mol. The summed E-state index contributed by atoms with van der Waals surface area (Å²) in [6.07, 6.45) is 20.1. The van der Waals surface area contributed by atoms with Crippen LogP contribution in [-0.2, 0) is 19.1 Å². The second kappa shape index (κ2) is 22.6. The fourth-order valence-electron chi connectivity index (χ4n) is 3.65. The number of hydrogen-bond donors (Lipinski definition) is 0. The minimum atomic E-state index is -0.0975. The molecule has 0 saturated heterocycles. The molecule has 4 heteroatoms. The van der Waals surface area contributed by atoms with Gasteiger partial charge in [0.2, 0.25) is 0 Å². The van der Waals surface area contributed by atoms with Gasteiger partial charge in [0.25, 0.3) is 0 Å². The van der Waals surface area contributed by atoms with Crippen molar-refractivity contribution in [2.24, 2.45) is 0 Å². The first-order valence-electron chi connectivity index (χ1n) is 13.0. The van der Waals surface area contributed by atoms with Crippen molar-refractivity contribution in [3.63, 3.8) is 0 Å². The van der Waals surface area contributed by atoms with Gasteiger partial charge in [-0.25, -0.2) is 0 Å². The molecule has 1 atom stereocenters. The van der Waals surface area contributed by atoms with Gasteiger partial charge in [0, 0.05) is 12.8 Å². The molecule has 0 heterocycles. The van der Waals surface area contributed by atoms with Gasteiger partial charge in [-0.2, -0.15) is 0 Å². The first-order chi connectivity index (χ1) is 14.6. The maximum absolute atomic E-state index is 12.0. The minimum absolute atomic E-state index is 0.0819. The standard InChI is InChI=1S/C26H50O4/c1-4-7-9-10-11-12-13-14-18-23-29-25(27)21-16-15-17-22-26(28)30-24(19-6-3)20-8-5-2/h24H,4-23H2,1-3H3. The van der Waals surface area contributed by atoms with E-state index in [2.05, 4.69) is 20.8 Å². The van der Waals surface area contributed by atoms with Crippen LogP contribution in [0.3, 0.4) is 0 Å². The molecule has 30 heavy (non-hydrogen) atoms. The second-order valence-corrected chi connectivity index (χ2v) is 8.65. The van der Waals surface area contributed by atoms with Crippen molar-refractivity contribution >= 4 is 11.9 Å². The van der Waals surface area contributed by atoms with Gasteiger partial charge in [0.05, 0.1) is 6.61 Å². The molecule has 0 fully saturated rings. The Morgan fingerprint density at radius 2 is 1.10 bits per heavy atom. The minimum Gasteiger partial charge on any atom is -0.466 e. The van der Waals surface area contributed by atoms with Gasteiger partial charge in [-0.05, 0) is 32.1 Å². The Morgan fingerprint density at radius 3 is 1.70 bits per heavy atom. The molecule has 0 bridgehead atoms. The zero-order valence-electron chi connectivity index (χ0n) is 20.4. The van der Waals surface area contributed by atoms with Crippen LogP contribution < -0.4 is 0 Å². The molecule has 0 radical (unpaired) electrons. The summed E-state index contributed by atoms with van der Waals surface area (Å²) in [7, 11) is 0. The number of esters is 2. The topological polar surface area (TPSA) is 52.6 Å². The molecule has 0 rings (SSSR count). The lowest BCUT2D eigenvalue weighted by Crippen LogP contribution is -2.18. The molecule has 0 aromatic heterocycles. The molecular formula is C26H50O4. The fraction of sp³-hybridized carbons (Fsp3) is 0.923. The molecule has 0 aliphatic rings. The van der Waals surface area contributed by atoms with Crippen molar-refractivity contribution in [3.05, 3.63) is 0 Å². The molecule has 0 aromatic carbocycles. The summed E-state index contributed by atoms with van der Waals surface area (Å²) in [6.45, 7) is 7.08. The molecule has 0 saturated carbocycles. The van der Waals surface area contributed by atoms with Crippen LogP contribution in [0.2, 0.25) is 0 Å². The average Bonchev–Trinajstić information content (AvgIpc) is 2.73. The Morgan fingerprint density at radius 1 is 0.567 bits per heavy atom. The average molecular weight is 427 g/mol. The van der Waals surface area contributed by atoms with E-state index in [1.165, 1.54) is 44.9 Å². The van der Waals surface area contributed by atoms with E-state index < -0.39 is 0 Å². The summed E-state index contributed by atoms with van der Waals surface area (Å²) in [5, 5.41) is 0. The second-order valence-electron chi connectivity index (χ2n) is 8.65. The molecule has 0 N–H and O–H groups in total. The van der Waals surface area contributed by atoms with E-state index >= 15 is 0 Å². The SMILES string of the molecule is CCCCCCCCCCCOC(=O)CCCCCC(=O)OC(CCC)CCCC. The van der Waals surface area contributed by atoms with Crippen molar-refractivity contribution < 1.29 is 19.1 Å². The number of unbranched alkanes of at least 4 members (excludes halogenated alkanes) is 11. The third-order valence-corrected chi connectivity index (χ3v) is 5.56. The largest absolute Gasteiger partial charge is 0.466 e. The van der Waals surface area contributed by atoms with Crippen molar-refractivity contribution in [1.29, 1.82) is 0 Å². The maximum atomic E-state index is 12.0. The fourth-order valence-corrected chi connectivity index (χ4v) is 3.65. The quantitative estimate of drug-likeness (QED) is 0.130. The van der Waals surface area contributed by atoms with Gasteiger partial charge >= 0.3 is 11.9 Å². The monoisotopic (exact) mass is 426 g/mol. The molecule has 0 spiro atoms. The summed E-state index contributed by atoms with van der Waals surface area (Å²) >= 11 is 0. The third kappa shape index (κ3) is 20.2. The van der Waals surface area contributed by atoms with Crippen molar-refractivity contribution in [2.45, 2.75) is 149 Å². The molecule has 0 aromatic rings. The number of rotatable bonds is 22. The highest BCUT2D eigenvalue weighted by atomic mass is 16.5. The molecule has 4 nitrogen and oxygen atoms in total. The summed E-state index contributed by atoms with van der Waals surface area (Å²) in [4.78, 5) is 23.8. The van der Waals surface area contributed by atoms with Gasteiger partial charge in [-0.3, -0.25) is 9.59 Å². The maximum Gasteiger partial charge on any atom is 0.306 e. The predicted octanol–water partition coefficient (Wildman–Crippen LogP) is 7.91. The number of hydrogen-bond acceptors (Lipinski definition) is 4. The molecule has 178 valence electrons. The van der Waals surface area contributed by atoms with E-state index in [-0.39, 0.29) is 18.0 Å². The van der Waals surface area contributed by atoms with Crippen molar-refractivity contribution in [1.82, 2.24) is 0 Å². The Bertz CT molecular complexity index is 394. The first-order valence-corrected chi connectivity index (χ1v) is 13.0. The predicted molar refractivity (Wildman–Crippen MR) is 126 cm³/mol. The smallest absolute Gasteiger partial charge is 0.306 e. The lowest BCUT2D eigenvalue weighted by Gasteiger charge is -2.17. The Balaban J connectivity index is 3.50. The summed E-state index contributed by atoms with van der Waals surface area (Å²) in [5.74, 6) is -0.183. The lowest BCUT2D eigenvalue weighted by atomic mass is 10.1. The summed E-state index contributed by atoms with van der Waals surface area (Å²) in [5.41, 5.74) is 0. The normalized spacial score (nSPS) is 12.0. The van der Waals surface area contributed by atoms with Crippen LogP contribution in [0.1, 0.15) is 143 Å². The van der Waals surface area contributed by atoms with Crippen LogP contribution in [0.4, 0.5) is 0 Å². The zero-order valence-corrected chi connectivity index (χ0v) is 20.4. The zero-order chi connectivity index (χ0) is 22.3. The van der Waals surface area contributed by atoms with E-state index in [0.717, 1.165) is 64.2 Å². The van der Waals surface area contributed by atoms with Gasteiger partial charge in [0.15, 0.2) is 0 Å². The Hall–Kier alpha value is -1.06. The Labute approximate surface area is 186 Å². The van der Waals surface area contributed by atoms with Crippen LogP contribution in [0.25, 0.3) is 0 Å². The van der Waals surface area contributed by atoms with E-state index in [4.69, 9.17) is 9.47 Å². The third-order valence-electron chi connectivity index (χ3n) is 5.56. The number of carbonyl (C=O) groups is 2. The van der Waals surface area contributed by atoms with E-state index in [1.807, 2.05) is 0 Å². The van der Waals surface area contributed by atoms with Crippen molar-refractivity contribution in [3.8, 4) is 0 Å². The van der Waals surface area contributed by atoms with Crippen LogP contribution >= 0.6 is 0 Å². The molecule has 0 amide bonds.